The van der Waals surface area contributed by atoms with Gasteiger partial charge in [-0.3, -0.25) is 4.79 Å². The molecular formula is C24H28FN3O. The van der Waals surface area contributed by atoms with Crippen LogP contribution in [0.5, 0.6) is 0 Å². The summed E-state index contributed by atoms with van der Waals surface area (Å²) in [4.78, 5) is 14.7. The first-order valence-corrected chi connectivity index (χ1v) is 10.6. The van der Waals surface area contributed by atoms with Crippen LogP contribution in [0.3, 0.4) is 0 Å². The van der Waals surface area contributed by atoms with Crippen LogP contribution in [0.15, 0.2) is 48.7 Å². The highest BCUT2D eigenvalue weighted by atomic mass is 19.1. The number of halogens is 1. The van der Waals surface area contributed by atoms with Crippen molar-refractivity contribution >= 4 is 22.9 Å². The summed E-state index contributed by atoms with van der Waals surface area (Å²) in [6.45, 7) is 3.77. The first-order valence-electron chi connectivity index (χ1n) is 10.6. The maximum Gasteiger partial charge on any atom is 0.257 e. The molecule has 0 aromatic heterocycles. The Bertz CT molecular complexity index is 885. The molecule has 2 aliphatic heterocycles. The van der Waals surface area contributed by atoms with Gasteiger partial charge in [0, 0.05) is 17.5 Å². The van der Waals surface area contributed by atoms with Crippen LogP contribution in [0.25, 0.3) is 5.57 Å². The van der Waals surface area contributed by atoms with Gasteiger partial charge < -0.3 is 15.5 Å². The molecule has 4 nitrogen and oxygen atoms in total. The third-order valence-corrected chi connectivity index (χ3v) is 5.74. The summed E-state index contributed by atoms with van der Waals surface area (Å²) < 4.78 is 13.3. The summed E-state index contributed by atoms with van der Waals surface area (Å²) >= 11 is 0. The summed E-state index contributed by atoms with van der Waals surface area (Å²) in [5, 5.41) is 5.88. The van der Waals surface area contributed by atoms with Crippen LogP contribution >= 0.6 is 0 Å². The van der Waals surface area contributed by atoms with Crippen molar-refractivity contribution in [3.05, 3.63) is 65.6 Å². The van der Waals surface area contributed by atoms with E-state index in [0.29, 0.717) is 16.8 Å². The van der Waals surface area contributed by atoms with Gasteiger partial charge in [-0.25, -0.2) is 4.39 Å². The van der Waals surface area contributed by atoms with Gasteiger partial charge >= 0.3 is 0 Å². The predicted octanol–water partition coefficient (Wildman–Crippen LogP) is 5.04. The van der Waals surface area contributed by atoms with Crippen molar-refractivity contribution in [1.29, 1.82) is 0 Å². The minimum absolute atomic E-state index is 0.219. The Balaban J connectivity index is 1.27. The predicted molar refractivity (Wildman–Crippen MR) is 116 cm³/mol. The van der Waals surface area contributed by atoms with Gasteiger partial charge in [0.1, 0.15) is 5.82 Å². The molecule has 5 heteroatoms. The molecule has 2 heterocycles. The number of carbonyl (C=O) groups is 1. The molecule has 1 saturated heterocycles. The van der Waals surface area contributed by atoms with Gasteiger partial charge in [0.25, 0.3) is 5.91 Å². The topological polar surface area (TPSA) is 44.4 Å². The third-order valence-electron chi connectivity index (χ3n) is 5.74. The number of hydrogen-bond acceptors (Lipinski definition) is 3. The molecule has 1 fully saturated rings. The number of aryl methyl sites for hydroxylation is 1. The largest absolute Gasteiger partial charge is 0.361 e. The monoisotopic (exact) mass is 393 g/mol. The van der Waals surface area contributed by atoms with E-state index >= 15 is 0 Å². The number of likely N-dealkylation sites (tertiary alicyclic amines) is 1. The second kappa shape index (κ2) is 9.23. The van der Waals surface area contributed by atoms with Crippen molar-refractivity contribution in [2.24, 2.45) is 0 Å². The van der Waals surface area contributed by atoms with E-state index < -0.39 is 0 Å². The molecule has 0 bridgehead atoms. The standard InChI is InChI=1S/C24H28FN3O/c25-19-9-12-21-22(24(29)27-23(21)16-19)17-26-20-10-7-18(8-11-20)6-2-5-15-28-13-3-1-4-14-28/h7-12,16-17,26H,1-6,13-15H2,(H,27,29). The van der Waals surface area contributed by atoms with Gasteiger partial charge in [-0.05, 0) is 87.6 Å². The fourth-order valence-electron chi connectivity index (χ4n) is 4.08. The van der Waals surface area contributed by atoms with E-state index in [2.05, 4.69) is 27.7 Å². The number of unbranched alkanes of at least 4 members (excludes halogenated alkanes) is 1. The summed E-state index contributed by atoms with van der Waals surface area (Å²) in [6.07, 6.45) is 9.35. The Morgan fingerprint density at radius 3 is 2.62 bits per heavy atom. The molecular weight excluding hydrogens is 365 g/mol. The van der Waals surface area contributed by atoms with Crippen molar-refractivity contribution in [2.75, 3.05) is 30.3 Å². The lowest BCUT2D eigenvalue weighted by atomic mass is 10.1. The van der Waals surface area contributed by atoms with Gasteiger partial charge in [0.2, 0.25) is 0 Å². The molecule has 2 aromatic rings. The van der Waals surface area contributed by atoms with Crippen LogP contribution in [0, 0.1) is 5.82 Å². The van der Waals surface area contributed by atoms with Crippen LogP contribution in [0.4, 0.5) is 15.8 Å². The van der Waals surface area contributed by atoms with Crippen molar-refractivity contribution in [2.45, 2.75) is 38.5 Å². The fraction of sp³-hybridized carbons (Fsp3) is 0.375. The van der Waals surface area contributed by atoms with Crippen LogP contribution < -0.4 is 10.6 Å². The van der Waals surface area contributed by atoms with E-state index in [0.717, 1.165) is 12.1 Å². The highest BCUT2D eigenvalue weighted by Crippen LogP contribution is 2.32. The number of hydrogen-bond donors (Lipinski definition) is 2. The quantitative estimate of drug-likeness (QED) is 0.512. The zero-order valence-corrected chi connectivity index (χ0v) is 16.7. The lowest BCUT2D eigenvalue weighted by molar-refractivity contribution is -0.110. The molecule has 2 aliphatic rings. The molecule has 4 rings (SSSR count). The van der Waals surface area contributed by atoms with Gasteiger partial charge in [0.05, 0.1) is 11.3 Å². The number of anilines is 2. The number of nitrogens with zero attached hydrogens (tertiary/aromatic N) is 1. The molecule has 0 unspecified atom stereocenters. The van der Waals surface area contributed by atoms with Gasteiger partial charge in [-0.2, -0.15) is 0 Å². The third kappa shape index (κ3) is 5.04. The van der Waals surface area contributed by atoms with Crippen molar-refractivity contribution in [3.63, 3.8) is 0 Å². The van der Waals surface area contributed by atoms with Gasteiger partial charge in [0.15, 0.2) is 0 Å². The number of fused-ring (bicyclic) bond motifs is 1. The summed E-state index contributed by atoms with van der Waals surface area (Å²) in [7, 11) is 0. The number of rotatable bonds is 7. The number of amides is 1. The van der Waals surface area contributed by atoms with E-state index in [4.69, 9.17) is 0 Å². The van der Waals surface area contributed by atoms with Crippen molar-refractivity contribution in [3.8, 4) is 0 Å². The fourth-order valence-corrected chi connectivity index (χ4v) is 4.08. The Hall–Kier alpha value is -2.66. The molecule has 152 valence electrons. The SMILES string of the molecule is O=C1Nc2cc(F)ccc2C1=CNc1ccc(CCCCN2CCCCC2)cc1. The molecule has 0 spiro atoms. The van der Waals surface area contributed by atoms with Crippen LogP contribution in [-0.2, 0) is 11.2 Å². The Labute approximate surface area is 171 Å². The highest BCUT2D eigenvalue weighted by Gasteiger charge is 2.24. The smallest absolute Gasteiger partial charge is 0.257 e. The van der Waals surface area contributed by atoms with Gasteiger partial charge in [-0.15, -0.1) is 0 Å². The zero-order valence-electron chi connectivity index (χ0n) is 16.7. The summed E-state index contributed by atoms with van der Waals surface area (Å²) in [6, 6.07) is 12.7. The highest BCUT2D eigenvalue weighted by molar-refractivity contribution is 6.31. The zero-order chi connectivity index (χ0) is 20.1. The van der Waals surface area contributed by atoms with Crippen LogP contribution in [-0.4, -0.2) is 30.4 Å². The Morgan fingerprint density at radius 1 is 1.03 bits per heavy atom. The molecule has 0 atom stereocenters. The first-order chi connectivity index (χ1) is 14.2. The second-order valence-electron chi connectivity index (χ2n) is 7.90. The van der Waals surface area contributed by atoms with E-state index in [1.165, 1.54) is 69.4 Å². The second-order valence-corrected chi connectivity index (χ2v) is 7.90. The Morgan fingerprint density at radius 2 is 1.83 bits per heavy atom. The maximum absolute atomic E-state index is 13.3. The van der Waals surface area contributed by atoms with Gasteiger partial charge in [-0.1, -0.05) is 18.6 Å². The van der Waals surface area contributed by atoms with E-state index in [1.807, 2.05) is 12.1 Å². The molecule has 2 N–H and O–H groups in total. The van der Waals surface area contributed by atoms with Crippen LogP contribution in [0.1, 0.15) is 43.2 Å². The number of piperidine rings is 1. The average Bonchev–Trinajstić information content (AvgIpc) is 3.05. The number of nitrogens with one attached hydrogen (secondary N) is 2. The minimum atomic E-state index is -0.357. The lowest BCUT2D eigenvalue weighted by Crippen LogP contribution is -2.30. The molecule has 0 radical (unpaired) electrons. The van der Waals surface area contributed by atoms with Crippen molar-refractivity contribution < 1.29 is 9.18 Å². The molecule has 29 heavy (non-hydrogen) atoms. The molecule has 1 amide bonds. The summed E-state index contributed by atoms with van der Waals surface area (Å²) in [5.41, 5.74) is 4.01. The molecule has 2 aromatic carbocycles. The van der Waals surface area contributed by atoms with E-state index in [-0.39, 0.29) is 11.7 Å². The molecule has 0 saturated carbocycles. The number of benzene rings is 2. The van der Waals surface area contributed by atoms with Crippen molar-refractivity contribution in [1.82, 2.24) is 4.90 Å². The Kier molecular flexibility index (Phi) is 6.25. The lowest BCUT2D eigenvalue weighted by Gasteiger charge is -2.26. The average molecular weight is 394 g/mol. The normalized spacial score (nSPS) is 18.0. The van der Waals surface area contributed by atoms with Crippen LogP contribution in [0.2, 0.25) is 0 Å². The minimum Gasteiger partial charge on any atom is -0.361 e. The van der Waals surface area contributed by atoms with E-state index in [1.54, 1.807) is 12.3 Å². The first kappa shape index (κ1) is 19.6. The maximum atomic E-state index is 13.3. The summed E-state index contributed by atoms with van der Waals surface area (Å²) in [5.74, 6) is -0.576. The van der Waals surface area contributed by atoms with E-state index in [9.17, 15) is 9.18 Å². The molecule has 0 aliphatic carbocycles. The number of carbonyl (C=O) groups excluding carboxylic acids is 1.